The van der Waals surface area contributed by atoms with Gasteiger partial charge in [-0.1, -0.05) is 36.4 Å². The first-order valence-corrected chi connectivity index (χ1v) is 8.70. The Hall–Kier alpha value is -1.84. The lowest BCUT2D eigenvalue weighted by Gasteiger charge is -2.31. The third kappa shape index (κ3) is 1.70. The molecule has 1 aromatic heterocycles. The molecule has 0 N–H and O–H groups in total. The Kier molecular flexibility index (Phi) is 2.64. The van der Waals surface area contributed by atoms with Crippen LogP contribution in [0.1, 0.15) is 28.5 Å². The van der Waals surface area contributed by atoms with Crippen LogP contribution in [0.2, 0.25) is 0 Å². The van der Waals surface area contributed by atoms with Gasteiger partial charge in [0.1, 0.15) is 0 Å². The van der Waals surface area contributed by atoms with Crippen LogP contribution in [0.3, 0.4) is 0 Å². The predicted molar refractivity (Wildman–Crippen MR) is 91.4 cm³/mol. The van der Waals surface area contributed by atoms with Gasteiger partial charge in [-0.25, -0.2) is 5.06 Å². The van der Waals surface area contributed by atoms with E-state index in [0.717, 1.165) is 12.8 Å². The minimum Gasteiger partial charge on any atom is -0.269 e. The van der Waals surface area contributed by atoms with E-state index in [1.165, 1.54) is 32.5 Å². The molecule has 3 heterocycles. The summed E-state index contributed by atoms with van der Waals surface area (Å²) in [5, 5.41) is 6.99. The van der Waals surface area contributed by atoms with E-state index in [1.54, 1.807) is 0 Å². The van der Waals surface area contributed by atoms with E-state index >= 15 is 0 Å². The van der Waals surface area contributed by atoms with Gasteiger partial charge in [0, 0.05) is 23.1 Å². The summed E-state index contributed by atoms with van der Waals surface area (Å²) in [6, 6.07) is 15.7. The van der Waals surface area contributed by atoms with Crippen LogP contribution in [-0.2, 0) is 11.3 Å². The number of fused-ring (bicyclic) bond motifs is 6. The minimum absolute atomic E-state index is 0.320. The lowest BCUT2D eigenvalue weighted by Crippen LogP contribution is -2.27. The fourth-order valence-corrected chi connectivity index (χ4v) is 4.88. The normalized spacial score (nSPS) is 23.0. The van der Waals surface area contributed by atoms with Crippen molar-refractivity contribution in [3.05, 3.63) is 63.8 Å². The second-order valence-corrected chi connectivity index (χ2v) is 7.22. The SMILES string of the molecule is Cc1ccsc1[C@H]1C[C@@H]2Cc3ccc4ccccc4c3N1O2. The van der Waals surface area contributed by atoms with E-state index < -0.39 is 0 Å². The second-order valence-electron chi connectivity index (χ2n) is 6.27. The Bertz CT molecular complexity index is 869. The van der Waals surface area contributed by atoms with E-state index in [4.69, 9.17) is 4.84 Å². The van der Waals surface area contributed by atoms with Gasteiger partial charge in [-0.3, -0.25) is 4.84 Å². The summed E-state index contributed by atoms with van der Waals surface area (Å²) in [6.45, 7) is 2.21. The molecule has 2 nitrogen and oxygen atoms in total. The molecule has 3 aromatic rings. The third-order valence-corrected chi connectivity index (χ3v) is 6.01. The molecule has 1 fully saturated rings. The molecule has 0 aliphatic carbocycles. The molecular formula is C19H17NOS. The number of rotatable bonds is 1. The van der Waals surface area contributed by atoms with Crippen molar-refractivity contribution in [2.45, 2.75) is 31.9 Å². The number of anilines is 1. The van der Waals surface area contributed by atoms with Crippen molar-refractivity contribution in [1.29, 1.82) is 0 Å². The average Bonchev–Trinajstić information content (AvgIpc) is 3.10. The molecule has 22 heavy (non-hydrogen) atoms. The zero-order valence-electron chi connectivity index (χ0n) is 12.5. The first-order valence-electron chi connectivity index (χ1n) is 7.82. The lowest BCUT2D eigenvalue weighted by atomic mass is 9.99. The van der Waals surface area contributed by atoms with Gasteiger partial charge >= 0.3 is 0 Å². The van der Waals surface area contributed by atoms with E-state index in [0.29, 0.717) is 12.1 Å². The Morgan fingerprint density at radius 3 is 2.91 bits per heavy atom. The van der Waals surface area contributed by atoms with Crippen molar-refractivity contribution in [1.82, 2.24) is 0 Å². The number of hydrogen-bond donors (Lipinski definition) is 0. The molecule has 2 aliphatic heterocycles. The average molecular weight is 307 g/mol. The van der Waals surface area contributed by atoms with Crippen LogP contribution in [0, 0.1) is 6.92 Å². The molecule has 3 heteroatoms. The maximum absolute atomic E-state index is 6.26. The molecule has 2 aliphatic rings. The molecule has 0 unspecified atom stereocenters. The molecule has 0 saturated carbocycles. The van der Waals surface area contributed by atoms with Crippen molar-refractivity contribution in [2.75, 3.05) is 5.06 Å². The third-order valence-electron chi connectivity index (χ3n) is 4.89. The summed E-state index contributed by atoms with van der Waals surface area (Å²) in [5.74, 6) is 0. The topological polar surface area (TPSA) is 12.5 Å². The smallest absolute Gasteiger partial charge is 0.0936 e. The first-order chi connectivity index (χ1) is 10.8. The maximum atomic E-state index is 6.26. The van der Waals surface area contributed by atoms with Crippen LogP contribution in [0.5, 0.6) is 0 Å². The Labute approximate surface area is 133 Å². The van der Waals surface area contributed by atoms with Crippen LogP contribution in [0.25, 0.3) is 10.8 Å². The van der Waals surface area contributed by atoms with E-state index in [1.807, 2.05) is 11.3 Å². The zero-order valence-corrected chi connectivity index (χ0v) is 13.3. The van der Waals surface area contributed by atoms with Crippen LogP contribution >= 0.6 is 11.3 Å². The van der Waals surface area contributed by atoms with Crippen molar-refractivity contribution in [3.63, 3.8) is 0 Å². The zero-order chi connectivity index (χ0) is 14.7. The quantitative estimate of drug-likeness (QED) is 0.626. The molecule has 2 aromatic carbocycles. The van der Waals surface area contributed by atoms with E-state index in [-0.39, 0.29) is 0 Å². The Balaban J connectivity index is 1.73. The molecular weight excluding hydrogens is 290 g/mol. The molecule has 110 valence electrons. The highest BCUT2D eigenvalue weighted by Gasteiger charge is 2.41. The molecule has 5 rings (SSSR count). The van der Waals surface area contributed by atoms with Crippen molar-refractivity contribution < 1.29 is 4.84 Å². The van der Waals surface area contributed by atoms with Gasteiger partial charge in [0.2, 0.25) is 0 Å². The first kappa shape index (κ1) is 12.7. The van der Waals surface area contributed by atoms with Gasteiger partial charge in [-0.05, 0) is 34.9 Å². The van der Waals surface area contributed by atoms with Crippen molar-refractivity contribution in [2.24, 2.45) is 0 Å². The van der Waals surface area contributed by atoms with Gasteiger partial charge in [0.05, 0.1) is 17.8 Å². The summed E-state index contributed by atoms with van der Waals surface area (Å²) in [7, 11) is 0. The number of benzene rings is 2. The lowest BCUT2D eigenvalue weighted by molar-refractivity contribution is 0.0742. The number of hydroxylamine groups is 1. The summed E-state index contributed by atoms with van der Waals surface area (Å²) >= 11 is 1.85. The molecule has 0 amide bonds. The summed E-state index contributed by atoms with van der Waals surface area (Å²) in [5.41, 5.74) is 4.09. The van der Waals surface area contributed by atoms with Crippen LogP contribution in [-0.4, -0.2) is 6.10 Å². The highest BCUT2D eigenvalue weighted by molar-refractivity contribution is 7.10. The van der Waals surface area contributed by atoms with Crippen molar-refractivity contribution in [3.8, 4) is 0 Å². The largest absolute Gasteiger partial charge is 0.269 e. The van der Waals surface area contributed by atoms with Crippen LogP contribution in [0.15, 0.2) is 47.8 Å². The molecule has 2 atom stereocenters. The molecule has 1 saturated heterocycles. The number of hydrogen-bond acceptors (Lipinski definition) is 3. The van der Waals surface area contributed by atoms with E-state index in [2.05, 4.69) is 59.8 Å². The minimum atomic E-state index is 0.320. The van der Waals surface area contributed by atoms with Crippen LogP contribution < -0.4 is 5.06 Å². The second kappa shape index (κ2) is 4.58. The predicted octanol–water partition coefficient (Wildman–Crippen LogP) is 5.02. The fourth-order valence-electron chi connectivity index (χ4n) is 3.86. The van der Waals surface area contributed by atoms with Crippen LogP contribution in [0.4, 0.5) is 5.69 Å². The molecule has 2 bridgehead atoms. The molecule has 0 radical (unpaired) electrons. The summed E-state index contributed by atoms with van der Waals surface area (Å²) in [4.78, 5) is 7.71. The van der Waals surface area contributed by atoms with Crippen molar-refractivity contribution >= 4 is 27.8 Å². The molecule has 0 spiro atoms. The fraction of sp³-hybridized carbons (Fsp3) is 0.263. The highest BCUT2D eigenvalue weighted by Crippen LogP contribution is 2.49. The van der Waals surface area contributed by atoms with Gasteiger partial charge in [-0.2, -0.15) is 0 Å². The number of thiophene rings is 1. The van der Waals surface area contributed by atoms with Gasteiger partial charge < -0.3 is 0 Å². The summed E-state index contributed by atoms with van der Waals surface area (Å²) in [6.07, 6.45) is 2.43. The van der Waals surface area contributed by atoms with Gasteiger partial charge in [0.25, 0.3) is 0 Å². The standard InChI is InChI=1S/C19H17NOS/c1-12-8-9-22-19(12)17-11-15-10-14-7-6-13-4-2-3-5-16(13)18(14)20(17)21-15/h2-9,15,17H,10-11H2,1H3/t15-,17+/m0/s1. The van der Waals surface area contributed by atoms with Gasteiger partial charge in [-0.15, -0.1) is 11.3 Å². The summed E-state index contributed by atoms with van der Waals surface area (Å²) < 4.78 is 0. The van der Waals surface area contributed by atoms with E-state index in [9.17, 15) is 0 Å². The number of nitrogens with zero attached hydrogens (tertiary/aromatic N) is 1. The number of aryl methyl sites for hydroxylation is 1. The Morgan fingerprint density at radius 1 is 1.14 bits per heavy atom. The monoisotopic (exact) mass is 307 g/mol. The highest BCUT2D eigenvalue weighted by atomic mass is 32.1. The maximum Gasteiger partial charge on any atom is 0.0936 e. The Morgan fingerprint density at radius 2 is 2.05 bits per heavy atom. The van der Waals surface area contributed by atoms with Gasteiger partial charge in [0.15, 0.2) is 0 Å².